The molecule has 0 heterocycles. The molecule has 0 saturated carbocycles. The van der Waals surface area contributed by atoms with E-state index in [1.807, 2.05) is 0 Å². The lowest BCUT2D eigenvalue weighted by Crippen LogP contribution is -2.19. The second-order valence-corrected chi connectivity index (χ2v) is 3.38. The van der Waals surface area contributed by atoms with Crippen LogP contribution in [0.15, 0.2) is 24.3 Å². The number of hydrogen-bond acceptors (Lipinski definition) is 4. The van der Waals surface area contributed by atoms with Crippen molar-refractivity contribution in [3.05, 3.63) is 29.8 Å². The molecule has 18 heavy (non-hydrogen) atoms. The van der Waals surface area contributed by atoms with Gasteiger partial charge in [-0.05, 0) is 6.07 Å². The minimum Gasteiger partial charge on any atom is -0.469 e. The molecule has 0 aromatic heterocycles. The van der Waals surface area contributed by atoms with Gasteiger partial charge in [0.15, 0.2) is 0 Å². The molecule has 0 fully saturated rings. The van der Waals surface area contributed by atoms with Crippen molar-refractivity contribution >= 4 is 5.97 Å². The number of esters is 1. The van der Waals surface area contributed by atoms with Crippen LogP contribution < -0.4 is 4.74 Å². The average Bonchev–Trinajstić information content (AvgIpc) is 2.27. The smallest absolute Gasteiger partial charge is 0.469 e. The molecule has 1 rings (SSSR count). The number of carbonyl (C=O) groups excluding carboxylic acids is 1. The van der Waals surface area contributed by atoms with Gasteiger partial charge in [0.05, 0.1) is 19.6 Å². The summed E-state index contributed by atoms with van der Waals surface area (Å²) in [6.45, 7) is 0. The van der Waals surface area contributed by atoms with E-state index in [1.165, 1.54) is 18.2 Å². The minimum atomic E-state index is -4.86. The number of aliphatic hydroxyl groups excluding tert-OH is 1. The van der Waals surface area contributed by atoms with E-state index >= 15 is 0 Å². The van der Waals surface area contributed by atoms with Gasteiger partial charge in [-0.25, -0.2) is 0 Å². The van der Waals surface area contributed by atoms with Crippen LogP contribution in [-0.2, 0) is 9.53 Å². The van der Waals surface area contributed by atoms with E-state index in [9.17, 15) is 23.1 Å². The number of rotatable bonds is 4. The molecule has 1 aromatic rings. The summed E-state index contributed by atoms with van der Waals surface area (Å²) in [5, 5.41) is 9.65. The number of para-hydroxylation sites is 1. The maximum absolute atomic E-state index is 12.1. The van der Waals surface area contributed by atoms with Crippen LogP contribution in [0, 0.1) is 0 Å². The van der Waals surface area contributed by atoms with Crippen molar-refractivity contribution in [3.8, 4) is 5.75 Å². The number of hydrogen-bond donors (Lipinski definition) is 1. The Morgan fingerprint density at radius 3 is 2.56 bits per heavy atom. The normalized spacial score (nSPS) is 12.9. The van der Waals surface area contributed by atoms with Crippen molar-refractivity contribution in [3.63, 3.8) is 0 Å². The highest BCUT2D eigenvalue weighted by Gasteiger charge is 2.33. The van der Waals surface area contributed by atoms with Crippen molar-refractivity contribution in [2.75, 3.05) is 7.11 Å². The molecule has 1 atom stereocenters. The number of ether oxygens (including phenoxy) is 2. The average molecular weight is 264 g/mol. The molecule has 0 spiro atoms. The van der Waals surface area contributed by atoms with Crippen LogP contribution in [-0.4, -0.2) is 24.5 Å². The second-order valence-electron chi connectivity index (χ2n) is 3.38. The van der Waals surface area contributed by atoms with E-state index in [1.54, 1.807) is 0 Å². The van der Waals surface area contributed by atoms with Crippen LogP contribution in [0.1, 0.15) is 18.1 Å². The molecule has 1 N–H and O–H groups in total. The van der Waals surface area contributed by atoms with Gasteiger partial charge < -0.3 is 14.6 Å². The lowest BCUT2D eigenvalue weighted by molar-refractivity contribution is -0.275. The number of benzene rings is 1. The number of carbonyl (C=O) groups is 1. The second kappa shape index (κ2) is 5.72. The zero-order valence-corrected chi connectivity index (χ0v) is 9.40. The summed E-state index contributed by atoms with van der Waals surface area (Å²) in [6, 6.07) is 5.06. The molecule has 0 saturated heterocycles. The van der Waals surface area contributed by atoms with E-state index in [2.05, 4.69) is 9.47 Å². The van der Waals surface area contributed by atoms with Gasteiger partial charge in [0.2, 0.25) is 0 Å². The molecular weight excluding hydrogens is 253 g/mol. The first-order chi connectivity index (χ1) is 8.33. The van der Waals surface area contributed by atoms with Crippen molar-refractivity contribution < 1.29 is 32.5 Å². The minimum absolute atomic E-state index is 0.125. The quantitative estimate of drug-likeness (QED) is 0.847. The largest absolute Gasteiger partial charge is 0.573 e. The molecule has 1 unspecified atom stereocenters. The lowest BCUT2D eigenvalue weighted by Gasteiger charge is -2.16. The van der Waals surface area contributed by atoms with E-state index in [-0.39, 0.29) is 5.56 Å². The fraction of sp³-hybridized carbons (Fsp3) is 0.364. The first kappa shape index (κ1) is 14.3. The Bertz CT molecular complexity index is 417. The first-order valence-electron chi connectivity index (χ1n) is 4.93. The fourth-order valence-electron chi connectivity index (χ4n) is 1.32. The first-order valence-corrected chi connectivity index (χ1v) is 4.93. The van der Waals surface area contributed by atoms with Crippen LogP contribution in [0.25, 0.3) is 0 Å². The molecule has 0 amide bonds. The number of methoxy groups -OCH3 is 1. The standard InChI is InChI=1S/C11H11F3O4/c1-17-10(16)6-8(15)7-4-2-3-5-9(7)18-11(12,13)14/h2-5,8,15H,6H2,1H3. The lowest BCUT2D eigenvalue weighted by atomic mass is 10.1. The van der Waals surface area contributed by atoms with Crippen LogP contribution in [0.2, 0.25) is 0 Å². The van der Waals surface area contributed by atoms with Crippen molar-refractivity contribution in [2.24, 2.45) is 0 Å². The number of halogens is 3. The molecule has 1 aromatic carbocycles. The molecule has 0 aliphatic heterocycles. The molecular formula is C11H11F3O4. The third-order valence-electron chi connectivity index (χ3n) is 2.09. The van der Waals surface area contributed by atoms with Gasteiger partial charge in [-0.2, -0.15) is 0 Å². The Balaban J connectivity index is 2.91. The molecule has 0 aliphatic rings. The third kappa shape index (κ3) is 4.25. The van der Waals surface area contributed by atoms with Gasteiger partial charge in [0.25, 0.3) is 0 Å². The highest BCUT2D eigenvalue weighted by molar-refractivity contribution is 5.70. The van der Waals surface area contributed by atoms with E-state index in [0.29, 0.717) is 0 Å². The highest BCUT2D eigenvalue weighted by atomic mass is 19.4. The molecule has 0 radical (unpaired) electrons. The Morgan fingerprint density at radius 1 is 1.39 bits per heavy atom. The highest BCUT2D eigenvalue weighted by Crippen LogP contribution is 2.31. The predicted octanol–water partition coefficient (Wildman–Crippen LogP) is 2.18. The predicted molar refractivity (Wildman–Crippen MR) is 54.7 cm³/mol. The Labute approximate surface area is 101 Å². The summed E-state index contributed by atoms with van der Waals surface area (Å²) in [5.74, 6) is -1.27. The Morgan fingerprint density at radius 2 is 2.00 bits per heavy atom. The molecule has 4 nitrogen and oxygen atoms in total. The van der Waals surface area contributed by atoms with Crippen LogP contribution >= 0.6 is 0 Å². The summed E-state index contributed by atoms with van der Waals surface area (Å²) in [7, 11) is 1.12. The molecule has 100 valence electrons. The van der Waals surface area contributed by atoms with Crippen LogP contribution in [0.3, 0.4) is 0 Å². The monoisotopic (exact) mass is 264 g/mol. The van der Waals surface area contributed by atoms with E-state index in [0.717, 1.165) is 13.2 Å². The molecule has 7 heteroatoms. The maximum Gasteiger partial charge on any atom is 0.573 e. The van der Waals surface area contributed by atoms with Gasteiger partial charge in [0, 0.05) is 5.56 Å². The van der Waals surface area contributed by atoms with Gasteiger partial charge in [-0.1, -0.05) is 18.2 Å². The van der Waals surface area contributed by atoms with Gasteiger partial charge >= 0.3 is 12.3 Å². The zero-order chi connectivity index (χ0) is 13.8. The summed E-state index contributed by atoms with van der Waals surface area (Å²) < 4.78 is 44.4. The number of aliphatic hydroxyl groups is 1. The van der Waals surface area contributed by atoms with E-state index < -0.39 is 30.6 Å². The topological polar surface area (TPSA) is 55.8 Å². The zero-order valence-electron chi connectivity index (χ0n) is 9.40. The summed E-state index contributed by atoms with van der Waals surface area (Å²) in [4.78, 5) is 10.9. The van der Waals surface area contributed by atoms with Crippen molar-refractivity contribution in [2.45, 2.75) is 18.9 Å². The van der Waals surface area contributed by atoms with Crippen LogP contribution in [0.4, 0.5) is 13.2 Å². The Kier molecular flexibility index (Phi) is 4.55. The number of alkyl halides is 3. The molecule has 0 bridgehead atoms. The molecule has 0 aliphatic carbocycles. The Hall–Kier alpha value is -1.76. The van der Waals surface area contributed by atoms with Crippen molar-refractivity contribution in [1.82, 2.24) is 0 Å². The maximum atomic E-state index is 12.1. The van der Waals surface area contributed by atoms with Gasteiger partial charge in [-0.15, -0.1) is 13.2 Å². The van der Waals surface area contributed by atoms with E-state index in [4.69, 9.17) is 0 Å². The summed E-state index contributed by atoms with van der Waals surface area (Å²) in [5.41, 5.74) is -0.125. The van der Waals surface area contributed by atoms with Crippen molar-refractivity contribution in [1.29, 1.82) is 0 Å². The van der Waals surface area contributed by atoms with Gasteiger partial charge in [0.1, 0.15) is 5.75 Å². The van der Waals surface area contributed by atoms with Crippen LogP contribution in [0.5, 0.6) is 5.75 Å². The fourth-order valence-corrected chi connectivity index (χ4v) is 1.32. The SMILES string of the molecule is COC(=O)CC(O)c1ccccc1OC(F)(F)F. The summed E-state index contributed by atoms with van der Waals surface area (Å²) >= 11 is 0. The van der Waals surface area contributed by atoms with Gasteiger partial charge in [-0.3, -0.25) is 4.79 Å². The third-order valence-corrected chi connectivity index (χ3v) is 2.09. The summed E-state index contributed by atoms with van der Waals surface area (Å²) in [6.07, 6.45) is -6.73.